The third kappa shape index (κ3) is 5.42. The van der Waals surface area contributed by atoms with E-state index in [1.54, 1.807) is 6.08 Å². The van der Waals surface area contributed by atoms with Crippen LogP contribution in [0.4, 0.5) is 0 Å². The van der Waals surface area contributed by atoms with Crippen molar-refractivity contribution < 1.29 is 14.3 Å². The van der Waals surface area contributed by atoms with E-state index in [1.165, 1.54) is 13.2 Å². The number of hydrogen-bond donors (Lipinski definition) is 1. The van der Waals surface area contributed by atoms with Gasteiger partial charge in [0.2, 0.25) is 5.91 Å². The molecule has 1 aliphatic heterocycles. The van der Waals surface area contributed by atoms with Crippen LogP contribution in [0.2, 0.25) is 0 Å². The normalized spacial score (nSPS) is 20.7. The smallest absolute Gasteiger partial charge is 0.323 e. The fraction of sp³-hybridized carbons (Fsp3) is 0.714. The summed E-state index contributed by atoms with van der Waals surface area (Å²) in [6.07, 6.45) is 5.14. The second kappa shape index (κ2) is 6.70. The van der Waals surface area contributed by atoms with Gasteiger partial charge in [0.15, 0.2) is 0 Å². The van der Waals surface area contributed by atoms with Gasteiger partial charge < -0.3 is 10.1 Å². The van der Waals surface area contributed by atoms with E-state index >= 15 is 0 Å². The topological polar surface area (TPSA) is 58.6 Å². The number of nitrogens with zero attached hydrogens (tertiary/aromatic N) is 1. The minimum Gasteiger partial charge on any atom is -0.468 e. The van der Waals surface area contributed by atoms with Gasteiger partial charge in [-0.05, 0) is 40.2 Å². The van der Waals surface area contributed by atoms with Gasteiger partial charge >= 0.3 is 5.97 Å². The van der Waals surface area contributed by atoms with Gasteiger partial charge in [0, 0.05) is 18.2 Å². The highest BCUT2D eigenvalue weighted by molar-refractivity contribution is 5.88. The Labute approximate surface area is 115 Å². The van der Waals surface area contributed by atoms with Crippen molar-refractivity contribution in [3.8, 4) is 0 Å². The molecule has 108 valence electrons. The van der Waals surface area contributed by atoms with E-state index in [9.17, 15) is 9.59 Å². The first-order valence-electron chi connectivity index (χ1n) is 6.64. The number of rotatable bonds is 4. The molecule has 1 N–H and O–H groups in total. The van der Waals surface area contributed by atoms with Gasteiger partial charge in [-0.1, -0.05) is 6.08 Å². The van der Waals surface area contributed by atoms with Crippen molar-refractivity contribution in [3.05, 3.63) is 12.2 Å². The summed E-state index contributed by atoms with van der Waals surface area (Å²) in [5.74, 6) is -0.300. The molecular formula is C14H24N2O3. The standard InChI is InChI=1S/C14H24N2O3/c1-14(2,3)15-12(17)8-6-10-16-9-5-7-11(16)13(18)19-4/h6,8,11H,5,7,9-10H2,1-4H3,(H,15,17)/b8-6+. The minimum atomic E-state index is -0.233. The molecule has 19 heavy (non-hydrogen) atoms. The van der Waals surface area contributed by atoms with Gasteiger partial charge in [-0.2, -0.15) is 0 Å². The van der Waals surface area contributed by atoms with Crippen molar-refractivity contribution in [2.75, 3.05) is 20.2 Å². The van der Waals surface area contributed by atoms with E-state index in [0.717, 1.165) is 19.4 Å². The van der Waals surface area contributed by atoms with E-state index in [0.29, 0.717) is 6.54 Å². The SMILES string of the molecule is COC(=O)C1CCCN1C/C=C/C(=O)NC(C)(C)C. The van der Waals surface area contributed by atoms with Crippen LogP contribution in [0.5, 0.6) is 0 Å². The number of carbonyl (C=O) groups excluding carboxylic acids is 2. The maximum atomic E-state index is 11.6. The highest BCUT2D eigenvalue weighted by Crippen LogP contribution is 2.17. The number of hydrogen-bond acceptors (Lipinski definition) is 4. The molecule has 1 rings (SSSR count). The highest BCUT2D eigenvalue weighted by atomic mass is 16.5. The summed E-state index contributed by atoms with van der Waals surface area (Å²) in [7, 11) is 1.41. The van der Waals surface area contributed by atoms with E-state index in [2.05, 4.69) is 5.32 Å². The largest absolute Gasteiger partial charge is 0.468 e. The first kappa shape index (κ1) is 15.7. The van der Waals surface area contributed by atoms with Crippen LogP contribution in [0, 0.1) is 0 Å². The Hall–Kier alpha value is -1.36. The summed E-state index contributed by atoms with van der Waals surface area (Å²) < 4.78 is 4.77. The molecule has 1 unspecified atom stereocenters. The highest BCUT2D eigenvalue weighted by Gasteiger charge is 2.30. The van der Waals surface area contributed by atoms with Crippen LogP contribution >= 0.6 is 0 Å². The van der Waals surface area contributed by atoms with E-state index in [-0.39, 0.29) is 23.5 Å². The van der Waals surface area contributed by atoms with Gasteiger partial charge in [0.25, 0.3) is 0 Å². The van der Waals surface area contributed by atoms with Crippen molar-refractivity contribution in [2.45, 2.75) is 45.2 Å². The number of methoxy groups -OCH3 is 1. The zero-order valence-electron chi connectivity index (χ0n) is 12.2. The van der Waals surface area contributed by atoms with Crippen molar-refractivity contribution >= 4 is 11.9 Å². The summed E-state index contributed by atoms with van der Waals surface area (Å²) in [6.45, 7) is 7.27. The molecular weight excluding hydrogens is 244 g/mol. The van der Waals surface area contributed by atoms with Gasteiger partial charge in [-0.15, -0.1) is 0 Å². The van der Waals surface area contributed by atoms with Crippen molar-refractivity contribution in [1.82, 2.24) is 10.2 Å². The average molecular weight is 268 g/mol. The number of ether oxygens (including phenoxy) is 1. The lowest BCUT2D eigenvalue weighted by atomic mass is 10.1. The van der Waals surface area contributed by atoms with Gasteiger partial charge in [0.1, 0.15) is 6.04 Å². The van der Waals surface area contributed by atoms with Gasteiger partial charge in [-0.25, -0.2) is 0 Å². The number of carbonyl (C=O) groups is 2. The molecule has 5 heteroatoms. The Kier molecular flexibility index (Phi) is 5.54. The van der Waals surface area contributed by atoms with Crippen LogP contribution in [-0.2, 0) is 14.3 Å². The molecule has 5 nitrogen and oxygen atoms in total. The Morgan fingerprint density at radius 3 is 2.68 bits per heavy atom. The number of nitrogens with one attached hydrogen (secondary N) is 1. The third-order valence-electron chi connectivity index (χ3n) is 2.94. The third-order valence-corrected chi connectivity index (χ3v) is 2.94. The monoisotopic (exact) mass is 268 g/mol. The zero-order chi connectivity index (χ0) is 14.5. The molecule has 1 heterocycles. The molecule has 1 atom stereocenters. The number of amides is 1. The molecule has 0 aromatic rings. The zero-order valence-corrected chi connectivity index (χ0v) is 12.2. The molecule has 1 aliphatic rings. The molecule has 1 saturated heterocycles. The molecule has 0 radical (unpaired) electrons. The first-order chi connectivity index (χ1) is 8.83. The molecule has 0 aromatic carbocycles. The second-order valence-electron chi connectivity index (χ2n) is 5.82. The van der Waals surface area contributed by atoms with Crippen molar-refractivity contribution in [1.29, 1.82) is 0 Å². The van der Waals surface area contributed by atoms with Crippen LogP contribution in [0.1, 0.15) is 33.6 Å². The van der Waals surface area contributed by atoms with Crippen LogP contribution < -0.4 is 5.32 Å². The predicted molar refractivity (Wildman–Crippen MR) is 73.6 cm³/mol. The second-order valence-corrected chi connectivity index (χ2v) is 5.82. The molecule has 0 spiro atoms. The number of likely N-dealkylation sites (tertiary alicyclic amines) is 1. The van der Waals surface area contributed by atoms with Crippen LogP contribution in [-0.4, -0.2) is 48.6 Å². The lowest BCUT2D eigenvalue weighted by molar-refractivity contribution is -0.145. The average Bonchev–Trinajstić information content (AvgIpc) is 2.74. The summed E-state index contributed by atoms with van der Waals surface area (Å²) >= 11 is 0. The fourth-order valence-corrected chi connectivity index (χ4v) is 2.15. The first-order valence-corrected chi connectivity index (χ1v) is 6.64. The van der Waals surface area contributed by atoms with Crippen LogP contribution in [0.15, 0.2) is 12.2 Å². The Morgan fingerprint density at radius 1 is 1.42 bits per heavy atom. The van der Waals surface area contributed by atoms with Gasteiger partial charge in [-0.3, -0.25) is 14.5 Å². The molecule has 1 amide bonds. The molecule has 0 aliphatic carbocycles. The van der Waals surface area contributed by atoms with Crippen LogP contribution in [0.25, 0.3) is 0 Å². The maximum absolute atomic E-state index is 11.6. The number of esters is 1. The predicted octanol–water partition coefficient (Wildman–Crippen LogP) is 1.09. The fourth-order valence-electron chi connectivity index (χ4n) is 2.15. The minimum absolute atomic E-state index is 0.110. The summed E-state index contributed by atoms with van der Waals surface area (Å²) in [4.78, 5) is 25.2. The molecule has 0 aromatic heterocycles. The van der Waals surface area contributed by atoms with E-state index in [1.807, 2.05) is 25.7 Å². The van der Waals surface area contributed by atoms with E-state index < -0.39 is 0 Å². The van der Waals surface area contributed by atoms with Gasteiger partial charge in [0.05, 0.1) is 7.11 Å². The molecule has 0 bridgehead atoms. The quantitative estimate of drug-likeness (QED) is 0.612. The van der Waals surface area contributed by atoms with Crippen LogP contribution in [0.3, 0.4) is 0 Å². The summed E-state index contributed by atoms with van der Waals surface area (Å²) in [5.41, 5.74) is -0.233. The lowest BCUT2D eigenvalue weighted by Crippen LogP contribution is -2.40. The molecule has 0 saturated carbocycles. The Balaban J connectivity index is 2.43. The van der Waals surface area contributed by atoms with E-state index in [4.69, 9.17) is 4.74 Å². The lowest BCUT2D eigenvalue weighted by Gasteiger charge is -2.21. The Bertz CT molecular complexity index is 358. The Morgan fingerprint density at radius 2 is 2.11 bits per heavy atom. The summed E-state index contributed by atoms with van der Waals surface area (Å²) in [5, 5.41) is 2.85. The van der Waals surface area contributed by atoms with Crippen molar-refractivity contribution in [2.24, 2.45) is 0 Å². The summed E-state index contributed by atoms with van der Waals surface area (Å²) in [6, 6.07) is -0.166. The molecule has 1 fully saturated rings. The van der Waals surface area contributed by atoms with Crippen molar-refractivity contribution in [3.63, 3.8) is 0 Å². The maximum Gasteiger partial charge on any atom is 0.323 e.